The van der Waals surface area contributed by atoms with Gasteiger partial charge in [0.1, 0.15) is 12.2 Å². The number of hydrogen-bond acceptors (Lipinski definition) is 11. The topological polar surface area (TPSA) is 250 Å². The Kier molecular flexibility index (Phi) is 8.81. The Balaban J connectivity index is 2.35. The van der Waals surface area contributed by atoms with E-state index in [1.54, 1.807) is 0 Å². The number of alkyl halides is 1. The predicted octanol–water partition coefficient (Wildman–Crippen LogP) is 0.132. The van der Waals surface area contributed by atoms with Gasteiger partial charge in [-0.15, -0.1) is 0 Å². The Morgan fingerprint density at radius 1 is 1.29 bits per heavy atom. The first kappa shape index (κ1) is 29.3. The summed E-state index contributed by atoms with van der Waals surface area (Å²) in [5, 5.41) is 12.5. The van der Waals surface area contributed by atoms with Crippen molar-refractivity contribution in [2.24, 2.45) is 0 Å². The van der Waals surface area contributed by atoms with E-state index in [1.165, 1.54) is 0 Å². The van der Waals surface area contributed by atoms with E-state index in [0.29, 0.717) is 10.8 Å². The summed E-state index contributed by atoms with van der Waals surface area (Å²) in [5.41, 5.74) is 4.01. The summed E-state index contributed by atoms with van der Waals surface area (Å²) in [6, 6.07) is 0. The first-order valence-corrected chi connectivity index (χ1v) is 13.6. The van der Waals surface area contributed by atoms with Crippen LogP contribution in [0.15, 0.2) is 11.0 Å². The van der Waals surface area contributed by atoms with Gasteiger partial charge in [-0.05, 0) is 18.5 Å². The van der Waals surface area contributed by atoms with Crippen LogP contribution in [-0.2, 0) is 31.6 Å². The molecule has 1 aromatic heterocycles. The van der Waals surface area contributed by atoms with Crippen molar-refractivity contribution in [2.75, 3.05) is 5.73 Å². The van der Waals surface area contributed by atoms with E-state index in [1.807, 2.05) is 5.38 Å². The monoisotopic (exact) mass is 591 g/mol. The zero-order valence-corrected chi connectivity index (χ0v) is 20.5. The molecule has 34 heavy (non-hydrogen) atoms. The fourth-order valence-electron chi connectivity index (χ4n) is 2.75. The normalized spacial score (nSPS) is 29.5. The second-order valence-corrected chi connectivity index (χ2v) is 11.6. The van der Waals surface area contributed by atoms with E-state index >= 15 is 0 Å². The molecule has 2 rings (SSSR count). The molecule has 7 N–H and O–H groups in total. The van der Waals surface area contributed by atoms with Gasteiger partial charge in [0.05, 0.1) is 12.3 Å². The van der Waals surface area contributed by atoms with E-state index in [4.69, 9.17) is 43.5 Å². The van der Waals surface area contributed by atoms with E-state index in [2.05, 4.69) is 24.0 Å². The van der Waals surface area contributed by atoms with Gasteiger partial charge in [-0.2, -0.15) is 13.6 Å². The molecule has 0 bridgehead atoms. The highest BCUT2D eigenvalue weighted by molar-refractivity contribution is 7.66. The quantitative estimate of drug-likeness (QED) is 0.133. The van der Waals surface area contributed by atoms with Crippen LogP contribution in [0.3, 0.4) is 0 Å². The molecule has 3 unspecified atom stereocenters. The molecular formula is C12H15Cl2FN3O13P3. The van der Waals surface area contributed by atoms with Gasteiger partial charge in [-0.3, -0.25) is 9.09 Å². The molecule has 2 heterocycles. The van der Waals surface area contributed by atoms with Gasteiger partial charge in [0.15, 0.2) is 22.7 Å². The molecule has 0 radical (unpaired) electrons. The van der Waals surface area contributed by atoms with Gasteiger partial charge in [-0.1, -0.05) is 17.5 Å². The van der Waals surface area contributed by atoms with Crippen LogP contribution in [0.25, 0.3) is 0 Å². The highest BCUT2D eigenvalue weighted by Crippen LogP contribution is 2.66. The number of ether oxygens (including phenoxy) is 1. The smallest absolute Gasteiger partial charge is 0.387 e. The number of halogens is 3. The van der Waals surface area contributed by atoms with E-state index in [9.17, 15) is 37.8 Å². The lowest BCUT2D eigenvalue weighted by atomic mass is 9.97. The van der Waals surface area contributed by atoms with Crippen LogP contribution >= 0.6 is 46.7 Å². The molecule has 0 saturated carbocycles. The number of nitrogens with zero attached hydrogens (tertiary/aromatic N) is 2. The Bertz CT molecular complexity index is 1220. The maximum absolute atomic E-state index is 13.9. The van der Waals surface area contributed by atoms with Gasteiger partial charge < -0.3 is 35.2 Å². The number of hydrogen-bond donors (Lipinski definition) is 6. The third kappa shape index (κ3) is 6.85. The molecule has 192 valence electrons. The number of phosphoric ester groups is 1. The van der Waals surface area contributed by atoms with Crippen molar-refractivity contribution in [3.63, 3.8) is 0 Å². The molecule has 0 amide bonds. The number of phosphoric acid groups is 3. The number of aromatic nitrogens is 2. The average molecular weight is 592 g/mol. The van der Waals surface area contributed by atoms with Crippen molar-refractivity contribution in [3.8, 4) is 11.3 Å². The minimum Gasteiger partial charge on any atom is -0.387 e. The van der Waals surface area contributed by atoms with E-state index in [0.717, 1.165) is 6.92 Å². The van der Waals surface area contributed by atoms with Crippen LogP contribution in [0.5, 0.6) is 0 Å². The average Bonchev–Trinajstić information content (AvgIpc) is 2.86. The summed E-state index contributed by atoms with van der Waals surface area (Å²) in [4.78, 5) is 49.1. The molecule has 1 fully saturated rings. The minimum atomic E-state index is -5.83. The SMILES string of the molecule is C[C@H](OP(=O)(O)OP(=O)(O)OP(=O)(O)O)[C@H]1O[C@@H](n2cc(F)c(N)nc2=O)C(Cl)(C#CCl)[C@H]1O. The molecule has 1 aliphatic heterocycles. The summed E-state index contributed by atoms with van der Waals surface area (Å²) < 4.78 is 65.7. The number of nitrogen functional groups attached to an aromatic ring is 1. The Morgan fingerprint density at radius 3 is 2.41 bits per heavy atom. The third-order valence-corrected chi connectivity index (χ3v) is 8.52. The third-order valence-electron chi connectivity index (χ3n) is 3.99. The van der Waals surface area contributed by atoms with Crippen LogP contribution in [0, 0.1) is 17.1 Å². The maximum atomic E-state index is 13.9. The highest BCUT2D eigenvalue weighted by atomic mass is 35.5. The molecule has 22 heteroatoms. The van der Waals surface area contributed by atoms with Crippen LogP contribution < -0.4 is 11.4 Å². The van der Waals surface area contributed by atoms with Crippen molar-refractivity contribution in [3.05, 3.63) is 22.5 Å². The molecular weight excluding hydrogens is 577 g/mol. The number of rotatable bonds is 8. The van der Waals surface area contributed by atoms with Gasteiger partial charge >= 0.3 is 29.2 Å². The number of anilines is 1. The number of nitrogens with two attached hydrogens (primary N) is 1. The second-order valence-electron chi connectivity index (χ2n) is 6.45. The maximum Gasteiger partial charge on any atom is 0.490 e. The zero-order valence-electron chi connectivity index (χ0n) is 16.3. The lowest BCUT2D eigenvalue weighted by molar-refractivity contribution is -0.0751. The summed E-state index contributed by atoms with van der Waals surface area (Å²) in [5.74, 6) is 0.204. The fraction of sp³-hybridized carbons (Fsp3) is 0.500. The van der Waals surface area contributed by atoms with E-state index in [-0.39, 0.29) is 0 Å². The van der Waals surface area contributed by atoms with Gasteiger partial charge in [0.2, 0.25) is 0 Å². The first-order valence-electron chi connectivity index (χ1n) is 8.33. The summed E-state index contributed by atoms with van der Waals surface area (Å²) in [6.45, 7) is 0.963. The van der Waals surface area contributed by atoms with Crippen LogP contribution in [0.1, 0.15) is 13.2 Å². The molecule has 16 nitrogen and oxygen atoms in total. The standard InChI is InChI=1S/C12H15Cl2FN3O13P3/c1-5(29-33(24,25)31-34(26,27)30-32(21,22)23)7-8(19)12(14,2-3-13)10(28-7)18-4-6(15)9(16)17-11(18)20/h4-5,7-8,10,19H,1H3,(H,24,25)(H,26,27)(H2,16,17,20)(H2,21,22,23)/t5-,7+,8-,10+,12?/m0/s1. The fourth-order valence-corrected chi connectivity index (χ4v) is 6.48. The van der Waals surface area contributed by atoms with Crippen LogP contribution in [0.4, 0.5) is 10.2 Å². The number of aliphatic hydroxyl groups excluding tert-OH is 1. The summed E-state index contributed by atoms with van der Waals surface area (Å²) in [7, 11) is -17.1. The van der Waals surface area contributed by atoms with Crippen LogP contribution in [0.2, 0.25) is 0 Å². The van der Waals surface area contributed by atoms with Crippen molar-refractivity contribution >= 4 is 52.5 Å². The molecule has 0 spiro atoms. The lowest BCUT2D eigenvalue weighted by Gasteiger charge is -2.26. The van der Waals surface area contributed by atoms with Crippen molar-refractivity contribution in [2.45, 2.75) is 36.3 Å². The molecule has 1 aliphatic rings. The summed E-state index contributed by atoms with van der Waals surface area (Å²) in [6.07, 6.45) is -6.83. The van der Waals surface area contributed by atoms with Crippen molar-refractivity contribution in [1.82, 2.24) is 9.55 Å². The Morgan fingerprint density at radius 2 is 1.88 bits per heavy atom. The van der Waals surface area contributed by atoms with Gasteiger partial charge in [-0.25, -0.2) is 22.9 Å². The number of aliphatic hydroxyl groups is 1. The van der Waals surface area contributed by atoms with Gasteiger partial charge in [0, 0.05) is 5.38 Å². The Labute approximate surface area is 198 Å². The van der Waals surface area contributed by atoms with Crippen molar-refractivity contribution in [1.29, 1.82) is 0 Å². The first-order chi connectivity index (χ1) is 15.3. The lowest BCUT2D eigenvalue weighted by Crippen LogP contribution is -2.45. The van der Waals surface area contributed by atoms with Crippen LogP contribution in [-0.4, -0.2) is 57.4 Å². The minimum absolute atomic E-state index is 0.459. The van der Waals surface area contributed by atoms with Gasteiger partial charge in [0.25, 0.3) is 0 Å². The highest BCUT2D eigenvalue weighted by Gasteiger charge is 2.58. The summed E-state index contributed by atoms with van der Waals surface area (Å²) >= 11 is 11.7. The second kappa shape index (κ2) is 10.2. The Hall–Kier alpha value is -0.920. The predicted molar refractivity (Wildman–Crippen MR) is 109 cm³/mol. The zero-order chi connectivity index (χ0) is 26.3. The molecule has 0 aromatic carbocycles. The van der Waals surface area contributed by atoms with E-state index < -0.39 is 70.2 Å². The molecule has 1 aromatic rings. The largest absolute Gasteiger partial charge is 0.490 e. The van der Waals surface area contributed by atoms with Crippen molar-refractivity contribution < 1.29 is 60.6 Å². The molecule has 1 saturated heterocycles. The molecule has 7 atom stereocenters. The molecule has 0 aliphatic carbocycles.